The molecule has 1 aliphatic carbocycles. The first-order valence-corrected chi connectivity index (χ1v) is 14.0. The molecule has 41 heavy (non-hydrogen) atoms. The van der Waals surface area contributed by atoms with Gasteiger partial charge in [0.2, 0.25) is 5.91 Å². The van der Waals surface area contributed by atoms with Gasteiger partial charge in [-0.1, -0.05) is 18.0 Å². The minimum Gasteiger partial charge on any atom is -0.473 e. The summed E-state index contributed by atoms with van der Waals surface area (Å²) in [5.74, 6) is -2.88. The zero-order valence-corrected chi connectivity index (χ0v) is 22.6. The van der Waals surface area contributed by atoms with E-state index in [9.17, 15) is 14.0 Å². The Balaban J connectivity index is 0.000000511. The second-order valence-electron chi connectivity index (χ2n) is 11.0. The second kappa shape index (κ2) is 12.2. The topological polar surface area (TPSA) is 146 Å². The maximum absolute atomic E-state index is 13.5. The molecule has 12 heteroatoms. The highest BCUT2D eigenvalue weighted by Gasteiger charge is 2.36. The summed E-state index contributed by atoms with van der Waals surface area (Å²) < 4.78 is 20.5. The van der Waals surface area contributed by atoms with Crippen molar-refractivity contribution in [2.24, 2.45) is 11.8 Å². The Hall–Kier alpha value is -4.06. The van der Waals surface area contributed by atoms with Crippen LogP contribution in [0.3, 0.4) is 0 Å². The van der Waals surface area contributed by atoms with Crippen LogP contribution in [0.15, 0.2) is 41.1 Å². The number of aliphatic carboxylic acids is 2. The summed E-state index contributed by atoms with van der Waals surface area (Å²) in [5.41, 5.74) is 2.24. The number of aromatic nitrogens is 2. The average molecular weight is 569 g/mol. The van der Waals surface area contributed by atoms with Gasteiger partial charge >= 0.3 is 18.0 Å². The molecule has 11 nitrogen and oxygen atoms in total. The Bertz CT molecular complexity index is 1430. The number of carbonyl (C=O) groups is 4. The van der Waals surface area contributed by atoms with Gasteiger partial charge in [-0.3, -0.25) is 14.3 Å². The van der Waals surface area contributed by atoms with Crippen LogP contribution >= 0.6 is 0 Å². The summed E-state index contributed by atoms with van der Waals surface area (Å²) in [6.07, 6.45) is 8.64. The van der Waals surface area contributed by atoms with Crippen molar-refractivity contribution in [2.45, 2.75) is 50.9 Å². The Morgan fingerprint density at radius 3 is 2.34 bits per heavy atom. The van der Waals surface area contributed by atoms with E-state index in [-0.39, 0.29) is 17.8 Å². The van der Waals surface area contributed by atoms with E-state index in [1.165, 1.54) is 23.5 Å². The molecule has 2 unspecified atom stereocenters. The van der Waals surface area contributed by atoms with Gasteiger partial charge in [-0.15, -0.1) is 0 Å². The molecule has 0 radical (unpaired) electrons. The van der Waals surface area contributed by atoms with Crippen molar-refractivity contribution in [3.8, 4) is 0 Å². The van der Waals surface area contributed by atoms with Crippen LogP contribution in [0, 0.1) is 17.7 Å². The van der Waals surface area contributed by atoms with E-state index in [4.69, 9.17) is 24.3 Å². The number of benzene rings is 1. The highest BCUT2D eigenvalue weighted by molar-refractivity contribution is 6.27. The molecular weight excluding hydrogens is 535 g/mol. The predicted octanol–water partition coefficient (Wildman–Crippen LogP) is 3.96. The highest BCUT2D eigenvalue weighted by atomic mass is 19.1. The van der Waals surface area contributed by atoms with Gasteiger partial charge in [-0.25, -0.2) is 18.8 Å². The molecule has 4 heterocycles. The van der Waals surface area contributed by atoms with Gasteiger partial charge in [-0.2, -0.15) is 0 Å². The number of nitrogens with zero attached hydrogens (tertiary/aromatic N) is 4. The first-order chi connectivity index (χ1) is 19.7. The van der Waals surface area contributed by atoms with Crippen LogP contribution in [0.2, 0.25) is 0 Å². The zero-order chi connectivity index (χ0) is 29.1. The summed E-state index contributed by atoms with van der Waals surface area (Å²) in [7, 11) is 0. The smallest absolute Gasteiger partial charge is 0.414 e. The molecule has 1 saturated heterocycles. The maximum atomic E-state index is 13.5. The standard InChI is InChI=1S/C27H31FN4O3.C2H2O4/c28-21-7-8-23-24(14-21)35-29-26(23)18-9-12-30(13-10-18)16-19-4-1-2-5-20(19)17-32-25(33)15-22-6-3-11-31(22)27(32)34;3-1(4)2(5)6/h3,6-8,11,14,18-20H,1-2,4-5,9-10,12-13,15-17H2;(H,3,4)(H,5,6). The molecular formula is C29H33FN4O7. The lowest BCUT2D eigenvalue weighted by atomic mass is 9.78. The molecule has 218 valence electrons. The molecule has 1 aromatic carbocycles. The zero-order valence-electron chi connectivity index (χ0n) is 22.6. The number of carboxylic acids is 2. The fourth-order valence-corrected chi connectivity index (χ4v) is 6.36. The number of imide groups is 1. The van der Waals surface area contributed by atoms with Gasteiger partial charge in [0.05, 0.1) is 12.1 Å². The third-order valence-electron chi connectivity index (χ3n) is 8.50. The molecule has 1 saturated carbocycles. The average Bonchev–Trinajstić information content (AvgIpc) is 3.59. The Kier molecular flexibility index (Phi) is 8.48. The molecule has 2 amide bonds. The van der Waals surface area contributed by atoms with Crippen molar-refractivity contribution in [3.63, 3.8) is 0 Å². The summed E-state index contributed by atoms with van der Waals surface area (Å²) in [6.45, 7) is 3.50. The molecule has 2 N–H and O–H groups in total. The first-order valence-electron chi connectivity index (χ1n) is 14.0. The van der Waals surface area contributed by atoms with E-state index >= 15 is 0 Å². The molecule has 3 aromatic rings. The van der Waals surface area contributed by atoms with Crippen molar-refractivity contribution >= 4 is 34.8 Å². The van der Waals surface area contributed by atoms with Crippen molar-refractivity contribution in [1.29, 1.82) is 0 Å². The minimum absolute atomic E-state index is 0.0777. The van der Waals surface area contributed by atoms with Gasteiger partial charge in [0.1, 0.15) is 5.82 Å². The predicted molar refractivity (Wildman–Crippen MR) is 144 cm³/mol. The fraction of sp³-hybridized carbons (Fsp3) is 0.483. The van der Waals surface area contributed by atoms with E-state index < -0.39 is 11.9 Å². The van der Waals surface area contributed by atoms with E-state index in [0.29, 0.717) is 36.3 Å². The van der Waals surface area contributed by atoms with Gasteiger partial charge < -0.3 is 19.6 Å². The van der Waals surface area contributed by atoms with E-state index in [2.05, 4.69) is 10.1 Å². The lowest BCUT2D eigenvalue weighted by Gasteiger charge is -2.40. The maximum Gasteiger partial charge on any atom is 0.414 e. The molecule has 2 aliphatic heterocycles. The summed E-state index contributed by atoms with van der Waals surface area (Å²) >= 11 is 0. The number of likely N-dealkylation sites (tertiary alicyclic amines) is 1. The number of halogens is 1. The highest BCUT2D eigenvalue weighted by Crippen LogP contribution is 2.36. The SMILES string of the molecule is O=C(O)C(=O)O.O=C1Cc2cccn2C(=O)N1CC1CCCCC1CN1CCC(c2noc3cc(F)ccc23)CC1. The van der Waals surface area contributed by atoms with Crippen LogP contribution in [-0.4, -0.2) is 79.8 Å². The lowest BCUT2D eigenvalue weighted by molar-refractivity contribution is -0.159. The molecule has 0 spiro atoms. The van der Waals surface area contributed by atoms with Crippen LogP contribution in [-0.2, 0) is 20.8 Å². The second-order valence-corrected chi connectivity index (χ2v) is 11.0. The van der Waals surface area contributed by atoms with Gasteiger partial charge in [0, 0.05) is 42.4 Å². The number of amides is 2. The number of carbonyl (C=O) groups excluding carboxylic acids is 2. The molecule has 6 rings (SSSR count). The number of carboxylic acid groups (broad SMARTS) is 2. The Morgan fingerprint density at radius 1 is 0.976 bits per heavy atom. The van der Waals surface area contributed by atoms with Crippen molar-refractivity contribution in [1.82, 2.24) is 19.5 Å². The van der Waals surface area contributed by atoms with Crippen molar-refractivity contribution in [3.05, 3.63) is 53.7 Å². The largest absolute Gasteiger partial charge is 0.473 e. The fourth-order valence-electron chi connectivity index (χ4n) is 6.36. The van der Waals surface area contributed by atoms with Crippen LogP contribution in [0.1, 0.15) is 55.8 Å². The summed E-state index contributed by atoms with van der Waals surface area (Å²) in [6, 6.07) is 8.12. The minimum atomic E-state index is -1.82. The third-order valence-corrected chi connectivity index (χ3v) is 8.50. The number of piperidine rings is 1. The number of fused-ring (bicyclic) bond motifs is 2. The van der Waals surface area contributed by atoms with Gasteiger partial charge in [0.25, 0.3) is 0 Å². The van der Waals surface area contributed by atoms with Crippen LogP contribution in [0.5, 0.6) is 0 Å². The third kappa shape index (κ3) is 6.32. The number of rotatable bonds is 5. The lowest BCUT2D eigenvalue weighted by Crippen LogP contribution is -2.49. The molecule has 0 bridgehead atoms. The van der Waals surface area contributed by atoms with Gasteiger partial charge in [0.15, 0.2) is 5.58 Å². The Morgan fingerprint density at radius 2 is 1.66 bits per heavy atom. The van der Waals surface area contributed by atoms with Gasteiger partial charge in [-0.05, 0) is 74.9 Å². The summed E-state index contributed by atoms with van der Waals surface area (Å²) in [4.78, 5) is 47.9. The normalized spacial score (nSPS) is 21.8. The molecule has 2 atom stereocenters. The van der Waals surface area contributed by atoms with E-state index in [0.717, 1.165) is 68.5 Å². The van der Waals surface area contributed by atoms with Crippen LogP contribution in [0.4, 0.5) is 9.18 Å². The molecule has 2 fully saturated rings. The summed E-state index contributed by atoms with van der Waals surface area (Å²) in [5, 5.41) is 20.0. The quantitative estimate of drug-likeness (QED) is 0.437. The van der Waals surface area contributed by atoms with Crippen LogP contribution < -0.4 is 0 Å². The van der Waals surface area contributed by atoms with E-state index in [1.54, 1.807) is 16.8 Å². The van der Waals surface area contributed by atoms with Crippen molar-refractivity contribution < 1.29 is 38.3 Å². The number of hydrogen-bond acceptors (Lipinski definition) is 7. The first kappa shape index (κ1) is 28.5. The van der Waals surface area contributed by atoms with E-state index in [1.807, 2.05) is 12.1 Å². The number of hydrogen-bond donors (Lipinski definition) is 2. The monoisotopic (exact) mass is 568 g/mol. The molecule has 2 aromatic heterocycles. The van der Waals surface area contributed by atoms with Crippen molar-refractivity contribution in [2.75, 3.05) is 26.2 Å². The Labute approximate surface area is 235 Å². The molecule has 3 aliphatic rings. The van der Waals surface area contributed by atoms with Crippen LogP contribution in [0.25, 0.3) is 11.0 Å².